The number of nitrogen functional groups attached to an aromatic ring is 1. The second kappa shape index (κ2) is 7.70. The number of amides is 1. The van der Waals surface area contributed by atoms with Crippen molar-refractivity contribution in [3.8, 4) is 0 Å². The number of rotatable bonds is 7. The molecule has 19 heavy (non-hydrogen) atoms. The molecule has 1 aromatic heterocycles. The lowest BCUT2D eigenvalue weighted by atomic mass is 10.2. The van der Waals surface area contributed by atoms with E-state index in [0.29, 0.717) is 24.0 Å². The number of pyridine rings is 1. The molecule has 0 radical (unpaired) electrons. The maximum absolute atomic E-state index is 11.8. The van der Waals surface area contributed by atoms with Crippen molar-refractivity contribution in [2.45, 2.75) is 26.3 Å². The molecule has 0 saturated carbocycles. The summed E-state index contributed by atoms with van der Waals surface area (Å²) < 4.78 is 0. The van der Waals surface area contributed by atoms with Crippen LogP contribution in [0.4, 0.5) is 5.82 Å². The van der Waals surface area contributed by atoms with Crippen LogP contribution in [0.2, 0.25) is 0 Å². The maximum Gasteiger partial charge on any atom is 0.252 e. The summed E-state index contributed by atoms with van der Waals surface area (Å²) in [6.07, 6.45) is 2.60. The number of hydrazine groups is 1. The number of nitrogens with one attached hydrogen (secondary N) is 2. The highest BCUT2D eigenvalue weighted by Gasteiger charge is 2.08. The van der Waals surface area contributed by atoms with Crippen LogP contribution in [0.3, 0.4) is 0 Å². The zero-order valence-electron chi connectivity index (χ0n) is 11.8. The summed E-state index contributed by atoms with van der Waals surface area (Å²) in [5.74, 6) is 5.63. The zero-order chi connectivity index (χ0) is 14.3. The van der Waals surface area contributed by atoms with Gasteiger partial charge in [-0.3, -0.25) is 4.79 Å². The smallest absolute Gasteiger partial charge is 0.252 e. The van der Waals surface area contributed by atoms with E-state index in [4.69, 9.17) is 5.84 Å². The lowest BCUT2D eigenvalue weighted by molar-refractivity contribution is 0.0947. The molecule has 0 spiro atoms. The van der Waals surface area contributed by atoms with Gasteiger partial charge in [0.05, 0.1) is 5.56 Å². The van der Waals surface area contributed by atoms with E-state index in [9.17, 15) is 4.79 Å². The van der Waals surface area contributed by atoms with Crippen LogP contribution < -0.4 is 16.6 Å². The van der Waals surface area contributed by atoms with Gasteiger partial charge >= 0.3 is 0 Å². The quantitative estimate of drug-likeness (QED) is 0.502. The van der Waals surface area contributed by atoms with Gasteiger partial charge in [0.25, 0.3) is 5.91 Å². The Bertz CT molecular complexity index is 393. The first-order chi connectivity index (χ1) is 9.08. The number of likely N-dealkylation sites (N-methyl/N-ethyl adjacent to an activating group) is 1. The van der Waals surface area contributed by atoms with E-state index >= 15 is 0 Å². The molecular formula is C13H23N5O. The van der Waals surface area contributed by atoms with Crippen molar-refractivity contribution in [2.75, 3.05) is 25.6 Å². The van der Waals surface area contributed by atoms with Gasteiger partial charge in [0.2, 0.25) is 0 Å². The molecule has 6 heteroatoms. The second-order valence-electron chi connectivity index (χ2n) is 4.57. The van der Waals surface area contributed by atoms with Gasteiger partial charge in [-0.2, -0.15) is 0 Å². The Morgan fingerprint density at radius 3 is 2.79 bits per heavy atom. The fraction of sp³-hybridized carbons (Fsp3) is 0.538. The van der Waals surface area contributed by atoms with Gasteiger partial charge in [-0.25, -0.2) is 10.8 Å². The maximum atomic E-state index is 11.8. The highest BCUT2D eigenvalue weighted by atomic mass is 16.1. The Labute approximate surface area is 114 Å². The van der Waals surface area contributed by atoms with E-state index in [2.05, 4.69) is 41.5 Å². The third-order valence-corrected chi connectivity index (χ3v) is 3.27. The Morgan fingerprint density at radius 2 is 2.26 bits per heavy atom. The average molecular weight is 265 g/mol. The number of hydrogen-bond acceptors (Lipinski definition) is 5. The summed E-state index contributed by atoms with van der Waals surface area (Å²) in [6.45, 7) is 5.77. The molecule has 1 heterocycles. The first-order valence-corrected chi connectivity index (χ1v) is 6.49. The van der Waals surface area contributed by atoms with Gasteiger partial charge in [0.1, 0.15) is 5.82 Å². The topological polar surface area (TPSA) is 83.3 Å². The van der Waals surface area contributed by atoms with Crippen LogP contribution in [0.5, 0.6) is 0 Å². The molecule has 4 N–H and O–H groups in total. The fourth-order valence-electron chi connectivity index (χ4n) is 1.59. The minimum Gasteiger partial charge on any atom is -0.351 e. The van der Waals surface area contributed by atoms with Crippen LogP contribution in [-0.2, 0) is 0 Å². The van der Waals surface area contributed by atoms with Gasteiger partial charge < -0.3 is 15.6 Å². The average Bonchev–Trinajstić information content (AvgIpc) is 2.46. The summed E-state index contributed by atoms with van der Waals surface area (Å²) in [6, 6.07) is 3.88. The zero-order valence-corrected chi connectivity index (χ0v) is 11.8. The third kappa shape index (κ3) is 4.84. The highest BCUT2D eigenvalue weighted by Crippen LogP contribution is 2.03. The van der Waals surface area contributed by atoms with Crippen LogP contribution in [0, 0.1) is 0 Å². The van der Waals surface area contributed by atoms with Crippen LogP contribution in [0.15, 0.2) is 18.3 Å². The first-order valence-electron chi connectivity index (χ1n) is 6.49. The number of aromatic nitrogens is 1. The Morgan fingerprint density at radius 1 is 1.53 bits per heavy atom. The number of nitrogens with zero attached hydrogens (tertiary/aromatic N) is 2. The normalized spacial score (nSPS) is 12.3. The highest BCUT2D eigenvalue weighted by molar-refractivity contribution is 5.94. The SMILES string of the molecule is CCC(C)N(C)CCNC(=O)c1ccc(NN)nc1. The number of carbonyl (C=O) groups is 1. The summed E-state index contributed by atoms with van der Waals surface area (Å²) in [7, 11) is 2.06. The van der Waals surface area contributed by atoms with Crippen molar-refractivity contribution < 1.29 is 4.79 Å². The molecule has 1 rings (SSSR count). The summed E-state index contributed by atoms with van der Waals surface area (Å²) in [5, 5.41) is 2.87. The van der Waals surface area contributed by atoms with Crippen LogP contribution >= 0.6 is 0 Å². The van der Waals surface area contributed by atoms with Crippen molar-refractivity contribution >= 4 is 11.7 Å². The molecule has 0 fully saturated rings. The number of anilines is 1. The first kappa shape index (κ1) is 15.4. The lowest BCUT2D eigenvalue weighted by Gasteiger charge is -2.23. The van der Waals surface area contributed by atoms with Crippen LogP contribution in [0.25, 0.3) is 0 Å². The molecule has 0 aliphatic carbocycles. The molecule has 106 valence electrons. The standard InChI is InChI=1S/C13H23N5O/c1-4-10(2)18(3)8-7-15-13(19)11-5-6-12(17-14)16-9-11/h5-6,9-10H,4,7-8,14H2,1-3H3,(H,15,19)(H,16,17). The van der Waals surface area contributed by atoms with Crippen LogP contribution in [0.1, 0.15) is 30.6 Å². The summed E-state index contributed by atoms with van der Waals surface area (Å²) >= 11 is 0. The van der Waals surface area contributed by atoms with E-state index in [1.165, 1.54) is 6.20 Å². The summed E-state index contributed by atoms with van der Waals surface area (Å²) in [4.78, 5) is 18.1. The van der Waals surface area contributed by atoms with Crippen molar-refractivity contribution in [1.82, 2.24) is 15.2 Å². The third-order valence-electron chi connectivity index (χ3n) is 3.27. The van der Waals surface area contributed by atoms with E-state index in [1.54, 1.807) is 12.1 Å². The van der Waals surface area contributed by atoms with Crippen molar-refractivity contribution in [1.29, 1.82) is 0 Å². The Hall–Kier alpha value is -1.66. The molecule has 6 nitrogen and oxygen atoms in total. The predicted octanol–water partition coefficient (Wildman–Crippen LogP) is 0.827. The van der Waals surface area contributed by atoms with Gasteiger partial charge in [-0.1, -0.05) is 6.92 Å². The van der Waals surface area contributed by atoms with Gasteiger partial charge in [-0.15, -0.1) is 0 Å². The molecule has 0 aliphatic rings. The molecule has 1 unspecified atom stereocenters. The molecular weight excluding hydrogens is 242 g/mol. The van der Waals surface area contributed by atoms with Gasteiger partial charge in [-0.05, 0) is 32.5 Å². The Kier molecular flexibility index (Phi) is 6.24. The van der Waals surface area contributed by atoms with Gasteiger partial charge in [0, 0.05) is 25.3 Å². The fourth-order valence-corrected chi connectivity index (χ4v) is 1.59. The molecule has 0 aliphatic heterocycles. The largest absolute Gasteiger partial charge is 0.351 e. The molecule has 1 atom stereocenters. The second-order valence-corrected chi connectivity index (χ2v) is 4.57. The summed E-state index contributed by atoms with van der Waals surface area (Å²) in [5.41, 5.74) is 2.95. The number of nitrogens with two attached hydrogens (primary N) is 1. The molecule has 1 aromatic rings. The predicted molar refractivity (Wildman–Crippen MR) is 76.8 cm³/mol. The van der Waals surface area contributed by atoms with E-state index in [0.717, 1.165) is 13.0 Å². The van der Waals surface area contributed by atoms with Crippen molar-refractivity contribution in [3.05, 3.63) is 23.9 Å². The Balaban J connectivity index is 2.38. The van der Waals surface area contributed by atoms with Crippen LogP contribution in [-0.4, -0.2) is 42.0 Å². The lowest BCUT2D eigenvalue weighted by Crippen LogP contribution is -2.37. The van der Waals surface area contributed by atoms with Crippen molar-refractivity contribution in [2.24, 2.45) is 5.84 Å². The number of carbonyl (C=O) groups excluding carboxylic acids is 1. The van der Waals surface area contributed by atoms with E-state index < -0.39 is 0 Å². The molecule has 0 bridgehead atoms. The van der Waals surface area contributed by atoms with E-state index in [1.807, 2.05) is 0 Å². The molecule has 0 saturated heterocycles. The monoisotopic (exact) mass is 265 g/mol. The molecule has 1 amide bonds. The van der Waals surface area contributed by atoms with Gasteiger partial charge in [0.15, 0.2) is 0 Å². The number of hydrogen-bond donors (Lipinski definition) is 3. The van der Waals surface area contributed by atoms with E-state index in [-0.39, 0.29) is 5.91 Å². The minimum atomic E-state index is -0.117. The van der Waals surface area contributed by atoms with Crippen molar-refractivity contribution in [3.63, 3.8) is 0 Å². The molecule has 0 aromatic carbocycles. The minimum absolute atomic E-state index is 0.117.